The second-order valence-corrected chi connectivity index (χ2v) is 5.41. The molecule has 0 saturated carbocycles. The highest BCUT2D eigenvalue weighted by atomic mass is 79.9. The molecule has 0 aliphatic carbocycles. The molecule has 2 aromatic rings. The molecule has 1 atom stereocenters. The average molecular weight is 311 g/mol. The lowest BCUT2D eigenvalue weighted by molar-refractivity contribution is 0.622. The van der Waals surface area contributed by atoms with Gasteiger partial charge >= 0.3 is 0 Å². The minimum Gasteiger partial charge on any atom is -0.207 e. The zero-order valence-electron chi connectivity index (χ0n) is 9.96. The smallest absolute Gasteiger partial charge is 0.123 e. The predicted molar refractivity (Wildman–Crippen MR) is 72.9 cm³/mol. The van der Waals surface area contributed by atoms with Crippen molar-refractivity contribution in [3.05, 3.63) is 70.8 Å². The first kappa shape index (κ1) is 13.2. The summed E-state index contributed by atoms with van der Waals surface area (Å²) in [4.78, 5) is -0.0185. The fourth-order valence-corrected chi connectivity index (χ4v) is 2.80. The zero-order valence-corrected chi connectivity index (χ0v) is 11.5. The first-order valence-corrected chi connectivity index (χ1v) is 6.62. The van der Waals surface area contributed by atoms with Crippen molar-refractivity contribution in [1.29, 1.82) is 0 Å². The Labute approximate surface area is 114 Å². The zero-order chi connectivity index (χ0) is 13.1. The highest BCUT2D eigenvalue weighted by molar-refractivity contribution is 9.09. The highest BCUT2D eigenvalue weighted by Gasteiger charge is 2.12. The molecule has 0 aromatic heterocycles. The van der Waals surface area contributed by atoms with Gasteiger partial charge in [-0.05, 0) is 54.3 Å². The van der Waals surface area contributed by atoms with Crippen LogP contribution in [0.3, 0.4) is 0 Å². The van der Waals surface area contributed by atoms with E-state index in [0.717, 1.165) is 16.7 Å². The molecule has 0 radical (unpaired) electrons. The summed E-state index contributed by atoms with van der Waals surface area (Å²) in [5, 5.41) is 0. The quantitative estimate of drug-likeness (QED) is 0.703. The van der Waals surface area contributed by atoms with Crippen LogP contribution in [0.5, 0.6) is 0 Å². The largest absolute Gasteiger partial charge is 0.207 e. The third kappa shape index (κ3) is 3.16. The van der Waals surface area contributed by atoms with E-state index >= 15 is 0 Å². The first-order chi connectivity index (χ1) is 8.56. The number of halogens is 3. The average Bonchev–Trinajstić information content (AvgIpc) is 2.32. The summed E-state index contributed by atoms with van der Waals surface area (Å²) >= 11 is 3.54. The fraction of sp³-hybridized carbons (Fsp3) is 0.200. The van der Waals surface area contributed by atoms with E-state index in [9.17, 15) is 8.78 Å². The monoisotopic (exact) mass is 310 g/mol. The molecule has 0 aliphatic rings. The van der Waals surface area contributed by atoms with Gasteiger partial charge in [-0.25, -0.2) is 8.78 Å². The van der Waals surface area contributed by atoms with E-state index in [2.05, 4.69) is 15.9 Å². The molecule has 0 fully saturated rings. The summed E-state index contributed by atoms with van der Waals surface area (Å²) < 4.78 is 26.3. The maximum atomic E-state index is 13.2. The Morgan fingerprint density at radius 3 is 2.50 bits per heavy atom. The Bertz CT molecular complexity index is 552. The molecule has 0 N–H and O–H groups in total. The van der Waals surface area contributed by atoms with Gasteiger partial charge in [0.15, 0.2) is 0 Å². The maximum Gasteiger partial charge on any atom is 0.123 e. The molecule has 0 bridgehead atoms. The minimum absolute atomic E-state index is 0.0185. The van der Waals surface area contributed by atoms with Gasteiger partial charge in [0.1, 0.15) is 11.6 Å². The third-order valence-corrected chi connectivity index (χ3v) is 3.70. The van der Waals surface area contributed by atoms with E-state index in [1.165, 1.54) is 24.3 Å². The number of alkyl halides is 1. The molecular weight excluding hydrogens is 298 g/mol. The van der Waals surface area contributed by atoms with Crippen molar-refractivity contribution in [3.8, 4) is 0 Å². The molecule has 0 saturated heterocycles. The van der Waals surface area contributed by atoms with Crippen LogP contribution in [-0.4, -0.2) is 0 Å². The summed E-state index contributed by atoms with van der Waals surface area (Å²) in [5.74, 6) is -0.498. The molecule has 0 amide bonds. The molecule has 0 aliphatic heterocycles. The Morgan fingerprint density at radius 2 is 1.78 bits per heavy atom. The Hall–Kier alpha value is -1.22. The summed E-state index contributed by atoms with van der Waals surface area (Å²) in [6.07, 6.45) is 0.627. The number of benzene rings is 2. The van der Waals surface area contributed by atoms with E-state index < -0.39 is 0 Å². The van der Waals surface area contributed by atoms with Crippen LogP contribution in [0.25, 0.3) is 0 Å². The van der Waals surface area contributed by atoms with Gasteiger partial charge in [0, 0.05) is 4.83 Å². The van der Waals surface area contributed by atoms with Gasteiger partial charge in [-0.3, -0.25) is 0 Å². The standard InChI is InChI=1S/C15H13BrF2/c1-10-5-6-13(18)9-14(10)15(16)8-11-3-2-4-12(17)7-11/h2-7,9,15H,8H2,1H3. The van der Waals surface area contributed by atoms with E-state index in [0.29, 0.717) is 6.42 Å². The number of rotatable bonds is 3. The summed E-state index contributed by atoms with van der Waals surface area (Å²) in [6.45, 7) is 1.94. The molecule has 1 unspecified atom stereocenters. The highest BCUT2D eigenvalue weighted by Crippen LogP contribution is 2.30. The molecule has 2 rings (SSSR count). The van der Waals surface area contributed by atoms with Crippen LogP contribution in [0, 0.1) is 18.6 Å². The van der Waals surface area contributed by atoms with Gasteiger partial charge in [0.2, 0.25) is 0 Å². The molecule has 0 nitrogen and oxygen atoms in total. The Morgan fingerprint density at radius 1 is 1.06 bits per heavy atom. The molecule has 94 valence electrons. The Balaban J connectivity index is 2.21. The van der Waals surface area contributed by atoms with Gasteiger partial charge in [0.05, 0.1) is 0 Å². The Kier molecular flexibility index (Phi) is 4.12. The van der Waals surface area contributed by atoms with Gasteiger partial charge in [0.25, 0.3) is 0 Å². The van der Waals surface area contributed by atoms with Gasteiger partial charge < -0.3 is 0 Å². The molecular formula is C15H13BrF2. The van der Waals surface area contributed by atoms with E-state index in [-0.39, 0.29) is 16.5 Å². The molecule has 0 spiro atoms. The van der Waals surface area contributed by atoms with Crippen LogP contribution < -0.4 is 0 Å². The SMILES string of the molecule is Cc1ccc(F)cc1C(Br)Cc1cccc(F)c1. The number of aryl methyl sites for hydroxylation is 1. The van der Waals surface area contributed by atoms with E-state index in [1.54, 1.807) is 12.1 Å². The van der Waals surface area contributed by atoms with Crippen molar-refractivity contribution < 1.29 is 8.78 Å². The topological polar surface area (TPSA) is 0 Å². The van der Waals surface area contributed by atoms with Gasteiger partial charge in [-0.2, -0.15) is 0 Å². The van der Waals surface area contributed by atoms with Gasteiger partial charge in [-0.1, -0.05) is 34.1 Å². The van der Waals surface area contributed by atoms with E-state index in [1.807, 2.05) is 13.0 Å². The minimum atomic E-state index is -0.251. The summed E-state index contributed by atoms with van der Waals surface area (Å²) in [6, 6.07) is 11.2. The van der Waals surface area contributed by atoms with Crippen LogP contribution in [-0.2, 0) is 6.42 Å². The predicted octanol–water partition coefficient (Wildman–Crippen LogP) is 4.95. The third-order valence-electron chi connectivity index (χ3n) is 2.88. The lowest BCUT2D eigenvalue weighted by Crippen LogP contribution is -1.99. The molecule has 3 heteroatoms. The second-order valence-electron chi connectivity index (χ2n) is 4.30. The van der Waals surface area contributed by atoms with Crippen LogP contribution in [0.15, 0.2) is 42.5 Å². The normalized spacial score (nSPS) is 12.4. The van der Waals surface area contributed by atoms with Crippen LogP contribution in [0.4, 0.5) is 8.78 Å². The fourth-order valence-electron chi connectivity index (χ4n) is 1.93. The van der Waals surface area contributed by atoms with Crippen LogP contribution >= 0.6 is 15.9 Å². The molecule has 2 aromatic carbocycles. The van der Waals surface area contributed by atoms with Crippen molar-refractivity contribution >= 4 is 15.9 Å². The molecule has 0 heterocycles. The van der Waals surface area contributed by atoms with Crippen LogP contribution in [0.2, 0.25) is 0 Å². The van der Waals surface area contributed by atoms with Crippen molar-refractivity contribution in [1.82, 2.24) is 0 Å². The number of hydrogen-bond donors (Lipinski definition) is 0. The molecule has 18 heavy (non-hydrogen) atoms. The van der Waals surface area contributed by atoms with Crippen molar-refractivity contribution in [2.75, 3.05) is 0 Å². The lowest BCUT2D eigenvalue weighted by Gasteiger charge is -2.13. The maximum absolute atomic E-state index is 13.2. The van der Waals surface area contributed by atoms with Crippen molar-refractivity contribution in [3.63, 3.8) is 0 Å². The van der Waals surface area contributed by atoms with Gasteiger partial charge in [-0.15, -0.1) is 0 Å². The van der Waals surface area contributed by atoms with E-state index in [4.69, 9.17) is 0 Å². The lowest BCUT2D eigenvalue weighted by atomic mass is 10.0. The first-order valence-electron chi connectivity index (χ1n) is 5.71. The second kappa shape index (κ2) is 5.61. The summed E-state index contributed by atoms with van der Waals surface area (Å²) in [7, 11) is 0. The van der Waals surface area contributed by atoms with Crippen molar-refractivity contribution in [2.24, 2.45) is 0 Å². The number of hydrogen-bond acceptors (Lipinski definition) is 0. The van der Waals surface area contributed by atoms with Crippen molar-refractivity contribution in [2.45, 2.75) is 18.2 Å². The summed E-state index contributed by atoms with van der Waals surface area (Å²) in [5.41, 5.74) is 2.81. The van der Waals surface area contributed by atoms with Crippen LogP contribution in [0.1, 0.15) is 21.5 Å².